The Morgan fingerprint density at radius 2 is 1.96 bits per heavy atom. The zero-order chi connectivity index (χ0) is 18.8. The lowest BCUT2D eigenvalue weighted by Gasteiger charge is -2.35. The monoisotopic (exact) mass is 379 g/mol. The third-order valence-corrected chi connectivity index (χ3v) is 5.95. The van der Waals surface area contributed by atoms with Gasteiger partial charge in [-0.15, -0.1) is 11.3 Å². The molecule has 138 valence electrons. The highest BCUT2D eigenvalue weighted by Gasteiger charge is 2.31. The number of hydrogen-bond acceptors (Lipinski definition) is 4. The zero-order valence-corrected chi connectivity index (χ0v) is 15.9. The summed E-state index contributed by atoms with van der Waals surface area (Å²) in [5, 5.41) is 4.64. The first kappa shape index (κ1) is 17.7. The molecule has 0 fully saturated rings. The quantitative estimate of drug-likeness (QED) is 0.758. The Morgan fingerprint density at radius 1 is 1.15 bits per heavy atom. The highest BCUT2D eigenvalue weighted by Crippen LogP contribution is 2.37. The number of aromatic nitrogens is 1. The Kier molecular flexibility index (Phi) is 4.92. The van der Waals surface area contributed by atoms with Gasteiger partial charge in [0.1, 0.15) is 5.69 Å². The van der Waals surface area contributed by atoms with Gasteiger partial charge in [0.2, 0.25) is 5.91 Å². The fourth-order valence-electron chi connectivity index (χ4n) is 3.68. The zero-order valence-electron chi connectivity index (χ0n) is 15.1. The number of imide groups is 1. The van der Waals surface area contributed by atoms with Gasteiger partial charge in [0, 0.05) is 24.7 Å². The molecular weight excluding hydrogens is 358 g/mol. The minimum Gasteiger partial charge on any atom is -0.347 e. The lowest BCUT2D eigenvalue weighted by Crippen LogP contribution is -2.44. The molecule has 2 aromatic heterocycles. The maximum atomic E-state index is 12.6. The van der Waals surface area contributed by atoms with Crippen LogP contribution in [0.4, 0.5) is 0 Å². The normalized spacial score (nSPS) is 16.7. The molecule has 3 aromatic rings. The first-order valence-electron chi connectivity index (χ1n) is 8.94. The lowest BCUT2D eigenvalue weighted by molar-refractivity contribution is -0.121. The van der Waals surface area contributed by atoms with Gasteiger partial charge in [-0.2, -0.15) is 0 Å². The average Bonchev–Trinajstić information content (AvgIpc) is 3.30. The minimum absolute atomic E-state index is 0.0390. The van der Waals surface area contributed by atoms with Crippen molar-refractivity contribution in [1.29, 1.82) is 0 Å². The number of aryl methyl sites for hydroxylation is 1. The second kappa shape index (κ2) is 7.50. The standard InChI is InChI=1S/C21H21N3O2S/c1-23-11-5-8-17(23)21(26)22-19(25)14-24-12-9-18-16(10-13-27-18)20(24)15-6-3-2-4-7-15/h2-8,10-11,13,20H,9,12,14H2,1H3,(H,22,25,26)/t20-/m1/s1. The molecule has 1 N–H and O–H groups in total. The Labute approximate surface area is 162 Å². The van der Waals surface area contributed by atoms with Gasteiger partial charge in [-0.05, 0) is 41.1 Å². The van der Waals surface area contributed by atoms with E-state index in [9.17, 15) is 9.59 Å². The Bertz CT molecular complexity index is 961. The highest BCUT2D eigenvalue weighted by atomic mass is 32.1. The molecular formula is C21H21N3O2S. The van der Waals surface area contributed by atoms with Gasteiger partial charge in [0.05, 0.1) is 12.6 Å². The topological polar surface area (TPSA) is 54.3 Å². The van der Waals surface area contributed by atoms with Crippen molar-refractivity contribution in [3.63, 3.8) is 0 Å². The Morgan fingerprint density at radius 3 is 2.70 bits per heavy atom. The number of nitrogens with one attached hydrogen (secondary N) is 1. The number of nitrogens with zero attached hydrogens (tertiary/aromatic N) is 2. The molecule has 0 radical (unpaired) electrons. The molecule has 6 heteroatoms. The van der Waals surface area contributed by atoms with Gasteiger partial charge in [0.15, 0.2) is 0 Å². The van der Waals surface area contributed by atoms with E-state index in [1.807, 2.05) is 18.2 Å². The van der Waals surface area contributed by atoms with Crippen LogP contribution >= 0.6 is 11.3 Å². The molecule has 2 amide bonds. The van der Waals surface area contributed by atoms with Gasteiger partial charge >= 0.3 is 0 Å². The maximum Gasteiger partial charge on any atom is 0.274 e. The number of fused-ring (bicyclic) bond motifs is 1. The van der Waals surface area contributed by atoms with Crippen LogP contribution in [0, 0.1) is 0 Å². The summed E-state index contributed by atoms with van der Waals surface area (Å²) in [6.07, 6.45) is 2.71. The number of rotatable bonds is 4. The van der Waals surface area contributed by atoms with E-state index in [1.54, 1.807) is 41.3 Å². The summed E-state index contributed by atoms with van der Waals surface area (Å²) in [7, 11) is 1.79. The molecule has 5 nitrogen and oxygen atoms in total. The van der Waals surface area contributed by atoms with Crippen LogP contribution in [-0.4, -0.2) is 34.4 Å². The second-order valence-corrected chi connectivity index (χ2v) is 7.72. The average molecular weight is 379 g/mol. The molecule has 0 saturated carbocycles. The van der Waals surface area contributed by atoms with E-state index in [-0.39, 0.29) is 24.4 Å². The van der Waals surface area contributed by atoms with Crippen molar-refractivity contribution >= 4 is 23.2 Å². The summed E-state index contributed by atoms with van der Waals surface area (Å²) in [6.45, 7) is 0.976. The van der Waals surface area contributed by atoms with Gasteiger partial charge in [-0.1, -0.05) is 30.3 Å². The van der Waals surface area contributed by atoms with E-state index in [1.165, 1.54) is 16.0 Å². The summed E-state index contributed by atoms with van der Waals surface area (Å²) in [5.41, 5.74) is 2.90. The Hall–Kier alpha value is -2.70. The van der Waals surface area contributed by atoms with Crippen LogP contribution in [0.15, 0.2) is 60.1 Å². The first-order chi connectivity index (χ1) is 13.1. The van der Waals surface area contributed by atoms with Crippen molar-refractivity contribution in [3.8, 4) is 0 Å². The summed E-state index contributed by atoms with van der Waals surface area (Å²) < 4.78 is 1.70. The highest BCUT2D eigenvalue weighted by molar-refractivity contribution is 7.10. The largest absolute Gasteiger partial charge is 0.347 e. The van der Waals surface area contributed by atoms with Crippen LogP contribution in [0.25, 0.3) is 0 Å². The fraction of sp³-hybridized carbons (Fsp3) is 0.238. The fourth-order valence-corrected chi connectivity index (χ4v) is 4.58. The van der Waals surface area contributed by atoms with E-state index >= 15 is 0 Å². The lowest BCUT2D eigenvalue weighted by atomic mass is 9.93. The van der Waals surface area contributed by atoms with Gasteiger partial charge in [-0.25, -0.2) is 0 Å². The first-order valence-corrected chi connectivity index (χ1v) is 9.82. The van der Waals surface area contributed by atoms with Crippen LogP contribution in [-0.2, 0) is 18.3 Å². The van der Waals surface area contributed by atoms with Crippen molar-refractivity contribution in [3.05, 3.63) is 81.8 Å². The van der Waals surface area contributed by atoms with E-state index in [2.05, 4.69) is 33.8 Å². The molecule has 1 atom stereocenters. The third-order valence-electron chi connectivity index (χ3n) is 4.96. The number of thiophene rings is 1. The third kappa shape index (κ3) is 3.59. The summed E-state index contributed by atoms with van der Waals surface area (Å²) >= 11 is 1.77. The molecule has 3 heterocycles. The molecule has 0 bridgehead atoms. The second-order valence-electron chi connectivity index (χ2n) is 6.71. The summed E-state index contributed by atoms with van der Waals surface area (Å²) in [5.74, 6) is -0.641. The van der Waals surface area contributed by atoms with Crippen molar-refractivity contribution < 1.29 is 9.59 Å². The SMILES string of the molecule is Cn1cccc1C(=O)NC(=O)CN1CCc2sccc2[C@H]1c1ccccc1. The summed E-state index contributed by atoms with van der Waals surface area (Å²) in [4.78, 5) is 28.4. The van der Waals surface area contributed by atoms with Crippen molar-refractivity contribution in [2.75, 3.05) is 13.1 Å². The molecule has 4 rings (SSSR count). The van der Waals surface area contributed by atoms with Crippen LogP contribution < -0.4 is 5.32 Å². The molecule has 27 heavy (non-hydrogen) atoms. The smallest absolute Gasteiger partial charge is 0.274 e. The van der Waals surface area contributed by atoms with Crippen LogP contribution in [0.2, 0.25) is 0 Å². The van der Waals surface area contributed by atoms with Crippen molar-refractivity contribution in [2.24, 2.45) is 7.05 Å². The van der Waals surface area contributed by atoms with E-state index < -0.39 is 0 Å². The number of benzene rings is 1. The molecule has 0 aliphatic carbocycles. The predicted octanol–water partition coefficient (Wildman–Crippen LogP) is 2.99. The van der Waals surface area contributed by atoms with Crippen LogP contribution in [0.1, 0.15) is 32.5 Å². The molecule has 1 aromatic carbocycles. The number of carbonyl (C=O) groups is 2. The minimum atomic E-state index is -0.364. The molecule has 0 saturated heterocycles. The van der Waals surface area contributed by atoms with E-state index in [0.717, 1.165) is 13.0 Å². The number of carbonyl (C=O) groups excluding carboxylic acids is 2. The van der Waals surface area contributed by atoms with Gasteiger partial charge < -0.3 is 4.57 Å². The van der Waals surface area contributed by atoms with E-state index in [0.29, 0.717) is 5.69 Å². The molecule has 0 spiro atoms. The maximum absolute atomic E-state index is 12.6. The van der Waals surface area contributed by atoms with E-state index in [4.69, 9.17) is 0 Å². The molecule has 0 unspecified atom stereocenters. The predicted molar refractivity (Wildman–Crippen MR) is 106 cm³/mol. The van der Waals surface area contributed by atoms with Crippen molar-refractivity contribution in [1.82, 2.24) is 14.8 Å². The van der Waals surface area contributed by atoms with Gasteiger partial charge in [0.25, 0.3) is 5.91 Å². The van der Waals surface area contributed by atoms with Crippen LogP contribution in [0.3, 0.4) is 0 Å². The number of amides is 2. The van der Waals surface area contributed by atoms with Crippen molar-refractivity contribution in [2.45, 2.75) is 12.5 Å². The van der Waals surface area contributed by atoms with Gasteiger partial charge in [-0.3, -0.25) is 19.8 Å². The van der Waals surface area contributed by atoms with Crippen LogP contribution in [0.5, 0.6) is 0 Å². The summed E-state index contributed by atoms with van der Waals surface area (Å²) in [6, 6.07) is 15.9. The molecule has 1 aliphatic heterocycles. The molecule has 1 aliphatic rings. The number of hydrogen-bond donors (Lipinski definition) is 1. The Balaban J connectivity index is 1.53.